The molecular formula is C27H24F7NO6S. The highest BCUT2D eigenvalue weighted by molar-refractivity contribution is 7.92. The molecule has 42 heavy (non-hydrogen) atoms. The first-order valence-electron chi connectivity index (χ1n) is 12.0. The quantitative estimate of drug-likeness (QED) is 0.309. The molecule has 1 N–H and O–H groups in total. The Bertz CT molecular complexity index is 1570. The van der Waals surface area contributed by atoms with Crippen molar-refractivity contribution in [3.8, 4) is 22.6 Å². The first kappa shape index (κ1) is 32.5. The van der Waals surface area contributed by atoms with Crippen molar-refractivity contribution in [3.05, 3.63) is 71.8 Å². The average Bonchev–Trinajstić information content (AvgIpc) is 2.89. The van der Waals surface area contributed by atoms with Crippen molar-refractivity contribution >= 4 is 21.7 Å². The highest BCUT2D eigenvalue weighted by Crippen LogP contribution is 2.41. The Hall–Kier alpha value is -4.01. The molecule has 228 valence electrons. The molecule has 1 aliphatic rings. The SMILES string of the molecule is CC(C)(C)C(=O)O.O=S(=O)(c1cccc(C(F)(F)F)c1)N1CCOc2ccc(-c3cc(F)cc(OC(F)F)c3F)cc21. The van der Waals surface area contributed by atoms with Gasteiger partial charge in [-0.25, -0.2) is 17.2 Å². The molecule has 0 atom stereocenters. The van der Waals surface area contributed by atoms with E-state index in [2.05, 4.69) is 4.74 Å². The third-order valence-electron chi connectivity index (χ3n) is 5.70. The predicted octanol–water partition coefficient (Wildman–Crippen LogP) is 6.96. The molecule has 0 saturated carbocycles. The van der Waals surface area contributed by atoms with Crippen molar-refractivity contribution in [2.24, 2.45) is 5.41 Å². The molecule has 0 aromatic heterocycles. The van der Waals surface area contributed by atoms with Crippen molar-refractivity contribution < 1.29 is 58.5 Å². The van der Waals surface area contributed by atoms with Crippen LogP contribution in [0.25, 0.3) is 11.1 Å². The zero-order valence-corrected chi connectivity index (χ0v) is 23.0. The van der Waals surface area contributed by atoms with E-state index >= 15 is 0 Å². The molecule has 0 aliphatic carbocycles. The molecule has 15 heteroatoms. The van der Waals surface area contributed by atoms with Crippen molar-refractivity contribution in [3.63, 3.8) is 0 Å². The summed E-state index contributed by atoms with van der Waals surface area (Å²) < 4.78 is 130. The van der Waals surface area contributed by atoms with Crippen molar-refractivity contribution in [1.29, 1.82) is 0 Å². The summed E-state index contributed by atoms with van der Waals surface area (Å²) in [5, 5.41) is 8.25. The second-order valence-corrected chi connectivity index (χ2v) is 11.7. The number of carbonyl (C=O) groups is 1. The summed E-state index contributed by atoms with van der Waals surface area (Å²) >= 11 is 0. The largest absolute Gasteiger partial charge is 0.489 e. The van der Waals surface area contributed by atoms with Gasteiger partial charge in [-0.2, -0.15) is 22.0 Å². The van der Waals surface area contributed by atoms with E-state index in [9.17, 15) is 43.9 Å². The number of benzene rings is 3. The van der Waals surface area contributed by atoms with Gasteiger partial charge in [0.25, 0.3) is 10.0 Å². The maximum absolute atomic E-state index is 14.8. The smallest absolute Gasteiger partial charge is 0.416 e. The van der Waals surface area contributed by atoms with Gasteiger partial charge >= 0.3 is 18.8 Å². The molecule has 0 unspecified atom stereocenters. The van der Waals surface area contributed by atoms with Crippen LogP contribution in [-0.4, -0.2) is 39.3 Å². The number of anilines is 1. The molecule has 3 aromatic carbocycles. The minimum Gasteiger partial charge on any atom is -0.489 e. The highest BCUT2D eigenvalue weighted by atomic mass is 32.2. The molecule has 1 aliphatic heterocycles. The Kier molecular flexibility index (Phi) is 9.35. The van der Waals surface area contributed by atoms with Crippen LogP contribution in [-0.2, 0) is 21.0 Å². The van der Waals surface area contributed by atoms with E-state index < -0.39 is 67.6 Å². The normalized spacial score (nSPS) is 13.5. The Balaban J connectivity index is 0.000000616. The highest BCUT2D eigenvalue weighted by Gasteiger charge is 2.35. The van der Waals surface area contributed by atoms with Gasteiger partial charge in [0.15, 0.2) is 11.6 Å². The van der Waals surface area contributed by atoms with Crippen molar-refractivity contribution in [2.75, 3.05) is 17.5 Å². The van der Waals surface area contributed by atoms with Gasteiger partial charge in [0.05, 0.1) is 28.1 Å². The van der Waals surface area contributed by atoms with Gasteiger partial charge in [-0.1, -0.05) is 12.1 Å². The van der Waals surface area contributed by atoms with Gasteiger partial charge in [-0.3, -0.25) is 9.10 Å². The number of nitrogens with zero attached hydrogens (tertiary/aromatic N) is 1. The van der Waals surface area contributed by atoms with Gasteiger partial charge in [-0.15, -0.1) is 0 Å². The van der Waals surface area contributed by atoms with Gasteiger partial charge in [-0.05, 0) is 62.7 Å². The molecule has 7 nitrogen and oxygen atoms in total. The average molecular weight is 624 g/mol. The topological polar surface area (TPSA) is 93.1 Å². The lowest BCUT2D eigenvalue weighted by Gasteiger charge is -2.31. The molecule has 4 rings (SSSR count). The minimum atomic E-state index is -4.78. The number of hydrogen-bond donors (Lipinski definition) is 1. The van der Waals surface area contributed by atoms with E-state index in [0.29, 0.717) is 18.2 Å². The number of halogens is 7. The first-order valence-corrected chi connectivity index (χ1v) is 13.4. The van der Waals surface area contributed by atoms with Crippen LogP contribution in [0.3, 0.4) is 0 Å². The van der Waals surface area contributed by atoms with Gasteiger partial charge in [0.1, 0.15) is 18.2 Å². The van der Waals surface area contributed by atoms with Gasteiger partial charge in [0.2, 0.25) is 0 Å². The third kappa shape index (κ3) is 7.43. The lowest BCUT2D eigenvalue weighted by Crippen LogP contribution is -2.38. The summed E-state index contributed by atoms with van der Waals surface area (Å²) in [6.45, 7) is 1.13. The fourth-order valence-corrected chi connectivity index (χ4v) is 5.02. The van der Waals surface area contributed by atoms with Crippen LogP contribution in [0.15, 0.2) is 59.5 Å². The van der Waals surface area contributed by atoms with Crippen LogP contribution in [0.4, 0.5) is 36.4 Å². The fraction of sp³-hybridized carbons (Fsp3) is 0.296. The number of hydrogen-bond acceptors (Lipinski definition) is 5. The number of rotatable bonds is 5. The van der Waals surface area contributed by atoms with Crippen molar-refractivity contribution in [2.45, 2.75) is 38.5 Å². The summed E-state index contributed by atoms with van der Waals surface area (Å²) in [6.07, 6.45) is -4.78. The zero-order valence-electron chi connectivity index (χ0n) is 22.2. The first-order chi connectivity index (χ1) is 19.3. The van der Waals surface area contributed by atoms with E-state index in [1.807, 2.05) is 0 Å². The zero-order chi connectivity index (χ0) is 31.6. The van der Waals surface area contributed by atoms with Crippen LogP contribution in [0.1, 0.15) is 26.3 Å². The predicted molar refractivity (Wildman–Crippen MR) is 137 cm³/mol. The number of sulfonamides is 1. The maximum Gasteiger partial charge on any atom is 0.416 e. The minimum absolute atomic E-state index is 0.0106. The molecule has 0 spiro atoms. The van der Waals surface area contributed by atoms with Crippen LogP contribution < -0.4 is 13.8 Å². The summed E-state index contributed by atoms with van der Waals surface area (Å²) in [5.74, 6) is -4.23. The van der Waals surface area contributed by atoms with Gasteiger partial charge < -0.3 is 14.6 Å². The number of ether oxygens (including phenoxy) is 2. The Labute approximate surface area is 236 Å². The Morgan fingerprint density at radius 2 is 1.67 bits per heavy atom. The van der Waals surface area contributed by atoms with E-state index in [1.54, 1.807) is 20.8 Å². The monoisotopic (exact) mass is 623 g/mol. The van der Waals surface area contributed by atoms with Crippen LogP contribution in [0, 0.1) is 17.0 Å². The van der Waals surface area contributed by atoms with Crippen LogP contribution in [0.5, 0.6) is 11.5 Å². The van der Waals surface area contributed by atoms with Crippen LogP contribution >= 0.6 is 0 Å². The van der Waals surface area contributed by atoms with E-state index in [4.69, 9.17) is 9.84 Å². The van der Waals surface area contributed by atoms with Crippen LogP contribution in [0.2, 0.25) is 0 Å². The molecule has 1 heterocycles. The maximum atomic E-state index is 14.8. The number of fused-ring (bicyclic) bond motifs is 1. The lowest BCUT2D eigenvalue weighted by molar-refractivity contribution is -0.145. The molecule has 0 bridgehead atoms. The number of aliphatic carboxylic acids is 1. The molecule has 0 amide bonds. The van der Waals surface area contributed by atoms with Crippen molar-refractivity contribution in [1.82, 2.24) is 0 Å². The molecule has 3 aromatic rings. The summed E-state index contributed by atoms with van der Waals surface area (Å²) in [6, 6.07) is 7.85. The third-order valence-corrected chi connectivity index (χ3v) is 7.51. The second-order valence-electron chi connectivity index (χ2n) is 9.83. The summed E-state index contributed by atoms with van der Waals surface area (Å²) in [4.78, 5) is 9.38. The number of alkyl halides is 5. The number of carboxylic acid groups (broad SMARTS) is 1. The fourth-order valence-electron chi connectivity index (χ4n) is 3.53. The number of carboxylic acids is 1. The second kappa shape index (κ2) is 12.1. The van der Waals surface area contributed by atoms with Gasteiger partial charge in [0, 0.05) is 11.6 Å². The molecule has 0 saturated heterocycles. The molecule has 0 fully saturated rings. The van der Waals surface area contributed by atoms with E-state index in [-0.39, 0.29) is 30.2 Å². The molecular weight excluding hydrogens is 599 g/mol. The Morgan fingerprint density at radius 3 is 2.24 bits per heavy atom. The Morgan fingerprint density at radius 1 is 1.02 bits per heavy atom. The van der Waals surface area contributed by atoms with E-state index in [1.165, 1.54) is 12.1 Å². The molecule has 0 radical (unpaired) electrons. The summed E-state index contributed by atoms with van der Waals surface area (Å²) in [7, 11) is -4.54. The van der Waals surface area contributed by atoms with E-state index in [0.717, 1.165) is 28.6 Å². The standard InChI is InChI=1S/C22H14F7NO4S.C5H10O2/c23-14-10-16(20(24)19(11-14)34-21(25)26)12-4-5-18-17(8-12)30(6-7-33-18)35(31,32)15-3-1-2-13(9-15)22(27,28)29;1-5(2,3)4(6)7/h1-5,8-11,21H,6-7H2;1-3H3,(H,6,7). The summed E-state index contributed by atoms with van der Waals surface area (Å²) in [5.41, 5.74) is -2.54. The lowest BCUT2D eigenvalue weighted by atomic mass is 9.98.